The van der Waals surface area contributed by atoms with E-state index in [2.05, 4.69) is 180 Å². The third kappa shape index (κ3) is 5.25. The summed E-state index contributed by atoms with van der Waals surface area (Å²) in [6.07, 6.45) is -0.536. The van der Waals surface area contributed by atoms with Gasteiger partial charge in [-0.05, 0) is 85.3 Å². The quantitative estimate of drug-likeness (QED) is 0.194. The van der Waals surface area contributed by atoms with Gasteiger partial charge in [-0.3, -0.25) is 5.32 Å². The zero-order valence-electron chi connectivity index (χ0n) is 27.8. The van der Waals surface area contributed by atoms with E-state index < -0.39 is 0 Å². The lowest BCUT2D eigenvalue weighted by atomic mass is 9.93. The molecule has 0 aliphatic carbocycles. The zero-order chi connectivity index (χ0) is 33.7. The number of nitrogens with zero attached hydrogens (tertiary/aromatic N) is 1. The summed E-state index contributed by atoms with van der Waals surface area (Å²) in [5.41, 5.74) is 9.58. The minimum atomic E-state index is -0.283. The lowest BCUT2D eigenvalue weighted by Gasteiger charge is -2.32. The Labute approximate surface area is 295 Å². The second-order valence-corrected chi connectivity index (χ2v) is 13.2. The Bertz CT molecular complexity index is 2770. The maximum atomic E-state index is 6.74. The first kappa shape index (κ1) is 29.4. The van der Waals surface area contributed by atoms with E-state index in [0.29, 0.717) is 0 Å². The first-order valence-electron chi connectivity index (χ1n) is 17.4. The number of nitrogens with one attached hydrogen (secondary N) is 2. The summed E-state index contributed by atoms with van der Waals surface area (Å²) in [6.45, 7) is 0. The van der Waals surface area contributed by atoms with Crippen LogP contribution in [0.1, 0.15) is 29.0 Å². The predicted molar refractivity (Wildman–Crippen MR) is 211 cm³/mol. The molecule has 0 spiro atoms. The molecule has 1 aliphatic rings. The molecule has 0 bridgehead atoms. The summed E-state index contributed by atoms with van der Waals surface area (Å²) in [7, 11) is 0. The second-order valence-electron chi connectivity index (χ2n) is 13.2. The van der Waals surface area contributed by atoms with Gasteiger partial charge >= 0.3 is 0 Å². The third-order valence-electron chi connectivity index (χ3n) is 10.1. The van der Waals surface area contributed by atoms with Crippen molar-refractivity contribution in [3.8, 4) is 22.3 Å². The Kier molecular flexibility index (Phi) is 7.00. The first-order chi connectivity index (χ1) is 25.2. The number of fused-ring (bicyclic) bond motifs is 6. The normalized spacial score (nSPS) is 16.0. The molecule has 2 atom stereocenters. The van der Waals surface area contributed by atoms with Crippen molar-refractivity contribution in [1.82, 2.24) is 10.6 Å². The average molecular weight is 656 g/mol. The van der Waals surface area contributed by atoms with Gasteiger partial charge in [0, 0.05) is 16.3 Å². The van der Waals surface area contributed by atoms with Crippen molar-refractivity contribution < 1.29 is 4.42 Å². The van der Waals surface area contributed by atoms with Crippen LogP contribution in [-0.4, -0.2) is 5.84 Å². The molecule has 0 saturated carbocycles. The van der Waals surface area contributed by atoms with Crippen molar-refractivity contribution in [3.63, 3.8) is 0 Å². The SMILES string of the molecule is c1ccc(C2=NC(c3cccc(-c4ccccc4)c3)NC(c3cc(-c4ccc5ccccc5c4)c4c(c3)oc3ccc5ccccc5c34)N2)cc1. The third-order valence-corrected chi connectivity index (χ3v) is 10.1. The molecule has 0 saturated heterocycles. The molecule has 0 fully saturated rings. The number of amidine groups is 1. The zero-order valence-corrected chi connectivity index (χ0v) is 27.8. The highest BCUT2D eigenvalue weighted by Gasteiger charge is 2.28. The predicted octanol–water partition coefficient (Wildman–Crippen LogP) is 11.6. The van der Waals surface area contributed by atoms with Gasteiger partial charge in [0.15, 0.2) is 0 Å². The molecule has 1 aromatic heterocycles. The van der Waals surface area contributed by atoms with Crippen molar-refractivity contribution in [3.05, 3.63) is 193 Å². The van der Waals surface area contributed by atoms with Gasteiger partial charge in [-0.15, -0.1) is 0 Å². The molecule has 4 heteroatoms. The standard InChI is InChI=1S/C47H33N3O/c1-3-12-30(13-4-1)35-19-11-20-37(27-35)46-48-45(33-16-5-2-6-17-33)49-47(50-46)38-28-40(36-23-22-31-14-7-8-18-34(31)26-36)44-42(29-38)51-41-25-24-32-15-9-10-21-39(32)43(41)44/h1-29,46-47,50H,(H,48,49). The maximum absolute atomic E-state index is 6.74. The summed E-state index contributed by atoms with van der Waals surface area (Å²) < 4.78 is 6.74. The van der Waals surface area contributed by atoms with E-state index in [9.17, 15) is 0 Å². The Morgan fingerprint density at radius 2 is 1.16 bits per heavy atom. The van der Waals surface area contributed by atoms with Crippen molar-refractivity contribution >= 4 is 49.3 Å². The van der Waals surface area contributed by atoms with Crippen molar-refractivity contribution in [2.24, 2.45) is 4.99 Å². The van der Waals surface area contributed by atoms with E-state index >= 15 is 0 Å². The number of hydrogen-bond acceptors (Lipinski definition) is 4. The van der Waals surface area contributed by atoms with Crippen molar-refractivity contribution in [2.75, 3.05) is 0 Å². The molecule has 8 aromatic carbocycles. The van der Waals surface area contributed by atoms with Gasteiger partial charge in [-0.2, -0.15) is 0 Å². The first-order valence-corrected chi connectivity index (χ1v) is 17.4. The maximum Gasteiger partial charge on any atom is 0.136 e. The minimum absolute atomic E-state index is 0.253. The van der Waals surface area contributed by atoms with Crippen LogP contribution in [0.4, 0.5) is 0 Å². The van der Waals surface area contributed by atoms with Crippen molar-refractivity contribution in [2.45, 2.75) is 12.3 Å². The lowest BCUT2D eigenvalue weighted by Crippen LogP contribution is -2.45. The number of benzene rings is 8. The number of hydrogen-bond donors (Lipinski definition) is 2. The highest BCUT2D eigenvalue weighted by Crippen LogP contribution is 2.43. The molecule has 242 valence electrons. The van der Waals surface area contributed by atoms with E-state index in [-0.39, 0.29) is 12.3 Å². The van der Waals surface area contributed by atoms with Crippen LogP contribution in [0.2, 0.25) is 0 Å². The highest BCUT2D eigenvalue weighted by molar-refractivity contribution is 6.23. The Hall–Kier alpha value is -6.49. The number of aliphatic imine (C=N–C) groups is 1. The minimum Gasteiger partial charge on any atom is -0.456 e. The van der Waals surface area contributed by atoms with Crippen LogP contribution in [-0.2, 0) is 0 Å². The average Bonchev–Trinajstić information content (AvgIpc) is 3.60. The Morgan fingerprint density at radius 3 is 2.00 bits per heavy atom. The van der Waals surface area contributed by atoms with Crippen LogP contribution in [0.5, 0.6) is 0 Å². The topological polar surface area (TPSA) is 49.6 Å². The van der Waals surface area contributed by atoms with E-state index in [1.54, 1.807) is 0 Å². The highest BCUT2D eigenvalue weighted by atomic mass is 16.3. The fourth-order valence-electron chi connectivity index (χ4n) is 7.60. The molecule has 9 aromatic rings. The van der Waals surface area contributed by atoms with Gasteiger partial charge < -0.3 is 9.73 Å². The molecular weight excluding hydrogens is 623 g/mol. The van der Waals surface area contributed by atoms with Gasteiger partial charge in [0.05, 0.1) is 0 Å². The van der Waals surface area contributed by atoms with Crippen LogP contribution in [0.3, 0.4) is 0 Å². The van der Waals surface area contributed by atoms with Crippen LogP contribution in [0.15, 0.2) is 185 Å². The van der Waals surface area contributed by atoms with E-state index in [4.69, 9.17) is 9.41 Å². The fourth-order valence-corrected chi connectivity index (χ4v) is 7.60. The summed E-state index contributed by atoms with van der Waals surface area (Å²) >= 11 is 0. The molecule has 51 heavy (non-hydrogen) atoms. The molecule has 4 nitrogen and oxygen atoms in total. The summed E-state index contributed by atoms with van der Waals surface area (Å²) in [5.74, 6) is 0.845. The largest absolute Gasteiger partial charge is 0.456 e. The van der Waals surface area contributed by atoms with Crippen LogP contribution >= 0.6 is 0 Å². The van der Waals surface area contributed by atoms with Crippen LogP contribution in [0, 0.1) is 0 Å². The van der Waals surface area contributed by atoms with Gasteiger partial charge in [-0.25, -0.2) is 4.99 Å². The fraction of sp³-hybridized carbons (Fsp3) is 0.0426. The Balaban J connectivity index is 1.17. The van der Waals surface area contributed by atoms with Gasteiger partial charge in [0.25, 0.3) is 0 Å². The molecule has 2 unspecified atom stereocenters. The summed E-state index contributed by atoms with van der Waals surface area (Å²) in [6, 6.07) is 62.2. The monoisotopic (exact) mass is 655 g/mol. The molecule has 1 aliphatic heterocycles. The Morgan fingerprint density at radius 1 is 0.451 bits per heavy atom. The summed E-state index contributed by atoms with van der Waals surface area (Å²) in [4.78, 5) is 5.25. The molecular formula is C47H33N3O. The number of rotatable bonds is 5. The van der Waals surface area contributed by atoms with Crippen molar-refractivity contribution in [1.29, 1.82) is 0 Å². The van der Waals surface area contributed by atoms with Gasteiger partial charge in [-0.1, -0.05) is 146 Å². The smallest absolute Gasteiger partial charge is 0.136 e. The molecule has 0 amide bonds. The van der Waals surface area contributed by atoms with Crippen LogP contribution < -0.4 is 10.6 Å². The van der Waals surface area contributed by atoms with Gasteiger partial charge in [0.2, 0.25) is 0 Å². The van der Waals surface area contributed by atoms with Gasteiger partial charge in [0.1, 0.15) is 29.3 Å². The summed E-state index contributed by atoms with van der Waals surface area (Å²) in [5, 5.41) is 14.7. The van der Waals surface area contributed by atoms with Crippen LogP contribution in [0.25, 0.3) is 65.7 Å². The number of furan rings is 1. The molecule has 10 rings (SSSR count). The van der Waals surface area contributed by atoms with E-state index in [1.165, 1.54) is 27.1 Å². The lowest BCUT2D eigenvalue weighted by molar-refractivity contribution is 0.409. The molecule has 2 N–H and O–H groups in total. The van der Waals surface area contributed by atoms with E-state index in [1.807, 2.05) is 6.07 Å². The van der Waals surface area contributed by atoms with E-state index in [0.717, 1.165) is 61.2 Å². The molecule has 2 heterocycles. The second kappa shape index (κ2) is 12.1. The molecule has 0 radical (unpaired) electrons.